The maximum atomic E-state index is 5.35. The van der Waals surface area contributed by atoms with E-state index in [1.165, 1.54) is 5.56 Å². The Morgan fingerprint density at radius 1 is 1.32 bits per heavy atom. The van der Waals surface area contributed by atoms with Crippen molar-refractivity contribution >= 4 is 22.9 Å². The van der Waals surface area contributed by atoms with Crippen LogP contribution in [0.15, 0.2) is 17.1 Å². The number of nitrogens with one attached hydrogen (secondary N) is 1. The number of nitrogens with zero attached hydrogens (tertiary/aromatic N) is 1. The van der Waals surface area contributed by atoms with Crippen molar-refractivity contribution in [3.05, 3.63) is 23.3 Å². The summed E-state index contributed by atoms with van der Waals surface area (Å²) in [6.45, 7) is 0.796. The minimum absolute atomic E-state index is 0.661. The van der Waals surface area contributed by atoms with Crippen LogP contribution in [0.1, 0.15) is 17.5 Å². The minimum Gasteiger partial charge on any atom is -0.493 e. The van der Waals surface area contributed by atoms with Crippen LogP contribution < -0.4 is 14.8 Å². The minimum atomic E-state index is 0.661. The second kappa shape index (κ2) is 6.02. The van der Waals surface area contributed by atoms with Gasteiger partial charge in [0.2, 0.25) is 0 Å². The van der Waals surface area contributed by atoms with Crippen LogP contribution in [0.2, 0.25) is 0 Å². The molecule has 1 aliphatic rings. The Hall–Kier alpha value is -1.62. The fourth-order valence-electron chi connectivity index (χ4n) is 2.18. The Kier molecular flexibility index (Phi) is 4.37. The molecule has 0 spiro atoms. The molecule has 0 amide bonds. The van der Waals surface area contributed by atoms with Crippen molar-refractivity contribution in [3.63, 3.8) is 0 Å². The first-order chi connectivity index (χ1) is 9.19. The molecule has 0 aromatic heterocycles. The highest BCUT2D eigenvalue weighted by molar-refractivity contribution is 7.80. The second-order valence-electron chi connectivity index (χ2n) is 4.29. The molecule has 1 N–H and O–H groups in total. The van der Waals surface area contributed by atoms with Crippen molar-refractivity contribution in [2.75, 3.05) is 27.8 Å². The van der Waals surface area contributed by atoms with Crippen LogP contribution in [-0.2, 0) is 6.42 Å². The third-order valence-corrected chi connectivity index (χ3v) is 3.56. The zero-order chi connectivity index (χ0) is 13.8. The first kappa shape index (κ1) is 13.8. The van der Waals surface area contributed by atoms with Crippen molar-refractivity contribution in [2.45, 2.75) is 12.8 Å². The molecule has 1 heterocycles. The van der Waals surface area contributed by atoms with Crippen LogP contribution >= 0.6 is 12.2 Å². The molecule has 19 heavy (non-hydrogen) atoms. The van der Waals surface area contributed by atoms with E-state index in [1.54, 1.807) is 14.2 Å². The highest BCUT2D eigenvalue weighted by Gasteiger charge is 2.18. The van der Waals surface area contributed by atoms with E-state index in [0.717, 1.165) is 40.7 Å². The van der Waals surface area contributed by atoms with Gasteiger partial charge in [-0.2, -0.15) is 0 Å². The number of thiocarbonyl (C=S) groups is 1. The Morgan fingerprint density at radius 3 is 2.63 bits per heavy atom. The highest BCUT2D eigenvalue weighted by Crippen LogP contribution is 2.32. The fourth-order valence-corrected chi connectivity index (χ4v) is 2.32. The lowest BCUT2D eigenvalue weighted by Crippen LogP contribution is -2.23. The monoisotopic (exact) mass is 278 g/mol. The summed E-state index contributed by atoms with van der Waals surface area (Å²) in [6, 6.07) is 4.02. The first-order valence-electron chi connectivity index (χ1n) is 6.18. The van der Waals surface area contributed by atoms with E-state index in [9.17, 15) is 0 Å². The van der Waals surface area contributed by atoms with Gasteiger partial charge in [-0.3, -0.25) is 4.99 Å². The van der Waals surface area contributed by atoms with E-state index in [1.807, 2.05) is 19.2 Å². The van der Waals surface area contributed by atoms with Gasteiger partial charge < -0.3 is 14.8 Å². The number of benzene rings is 1. The van der Waals surface area contributed by atoms with Crippen LogP contribution in [0.5, 0.6) is 11.5 Å². The van der Waals surface area contributed by atoms with E-state index in [2.05, 4.69) is 10.3 Å². The van der Waals surface area contributed by atoms with Crippen molar-refractivity contribution in [1.82, 2.24) is 5.32 Å². The normalized spacial score (nSPS) is 13.3. The Bertz CT molecular complexity index is 526. The van der Waals surface area contributed by atoms with Crippen LogP contribution in [0, 0.1) is 0 Å². The molecule has 0 radical (unpaired) electrons. The number of ether oxygens (including phenoxy) is 2. The average molecular weight is 278 g/mol. The molecular weight excluding hydrogens is 260 g/mol. The maximum absolute atomic E-state index is 5.35. The maximum Gasteiger partial charge on any atom is 0.161 e. The van der Waals surface area contributed by atoms with Crippen molar-refractivity contribution < 1.29 is 9.47 Å². The van der Waals surface area contributed by atoms with Gasteiger partial charge in [0.25, 0.3) is 0 Å². The van der Waals surface area contributed by atoms with Gasteiger partial charge in [0.1, 0.15) is 0 Å². The molecule has 0 unspecified atom stereocenters. The first-order valence-corrected chi connectivity index (χ1v) is 6.59. The van der Waals surface area contributed by atoms with Crippen LogP contribution in [0.25, 0.3) is 0 Å². The van der Waals surface area contributed by atoms with Crippen molar-refractivity contribution in [1.29, 1.82) is 0 Å². The molecular formula is C14H18N2O2S. The molecule has 1 aromatic carbocycles. The largest absolute Gasteiger partial charge is 0.493 e. The molecule has 5 heteroatoms. The van der Waals surface area contributed by atoms with E-state index in [4.69, 9.17) is 21.7 Å². The number of rotatable bonds is 4. The second-order valence-corrected chi connectivity index (χ2v) is 4.79. The molecule has 102 valence electrons. The number of hydrogen-bond acceptors (Lipinski definition) is 4. The van der Waals surface area contributed by atoms with Gasteiger partial charge in [-0.15, -0.1) is 0 Å². The highest BCUT2D eigenvalue weighted by atomic mass is 32.1. The number of fused-ring (bicyclic) bond motifs is 1. The Morgan fingerprint density at radius 2 is 2.00 bits per heavy atom. The third-order valence-electron chi connectivity index (χ3n) is 3.21. The topological polar surface area (TPSA) is 42.9 Å². The molecule has 0 saturated heterocycles. The Balaban J connectivity index is 2.40. The molecule has 0 bridgehead atoms. The van der Waals surface area contributed by atoms with Crippen LogP contribution in [0.3, 0.4) is 0 Å². The molecule has 1 aliphatic heterocycles. The fraction of sp³-hybridized carbons (Fsp3) is 0.429. The standard InChI is InChI=1S/C14H18N2O2S/c1-15-14(19)8-11-10-7-13(18-3)12(17-2)6-9(10)4-5-16-11/h6-7H,4-5,8H2,1-3H3,(H,15,19). The molecule has 0 aliphatic carbocycles. The summed E-state index contributed by atoms with van der Waals surface area (Å²) in [4.78, 5) is 5.38. The average Bonchev–Trinajstić information content (AvgIpc) is 2.45. The van der Waals surface area contributed by atoms with Crippen LogP contribution in [-0.4, -0.2) is 38.5 Å². The van der Waals surface area contributed by atoms with E-state index >= 15 is 0 Å². The van der Waals surface area contributed by atoms with Gasteiger partial charge in [-0.25, -0.2) is 0 Å². The molecule has 0 fully saturated rings. The number of hydrogen-bond donors (Lipinski definition) is 1. The molecule has 0 atom stereocenters. The Labute approximate surface area is 118 Å². The zero-order valence-corrected chi connectivity index (χ0v) is 12.3. The lowest BCUT2D eigenvalue weighted by atomic mass is 9.95. The molecule has 2 rings (SSSR count). The van der Waals surface area contributed by atoms with Gasteiger partial charge in [-0.1, -0.05) is 12.2 Å². The van der Waals surface area contributed by atoms with Gasteiger partial charge in [0.15, 0.2) is 11.5 Å². The summed E-state index contributed by atoms with van der Waals surface area (Å²) in [7, 11) is 5.13. The SMILES string of the molecule is CNC(=S)CC1=NCCc2cc(OC)c(OC)cc21. The predicted octanol–water partition coefficient (Wildman–Crippen LogP) is 1.99. The van der Waals surface area contributed by atoms with Gasteiger partial charge >= 0.3 is 0 Å². The predicted molar refractivity (Wildman–Crippen MR) is 80.9 cm³/mol. The molecule has 4 nitrogen and oxygen atoms in total. The van der Waals surface area contributed by atoms with Gasteiger partial charge in [0, 0.05) is 31.3 Å². The summed E-state index contributed by atoms with van der Waals surface area (Å²) < 4.78 is 10.7. The van der Waals surface area contributed by atoms with Crippen molar-refractivity contribution in [2.24, 2.45) is 4.99 Å². The summed E-state index contributed by atoms with van der Waals surface area (Å²) >= 11 is 5.23. The smallest absolute Gasteiger partial charge is 0.161 e. The van der Waals surface area contributed by atoms with E-state index in [-0.39, 0.29) is 0 Å². The summed E-state index contributed by atoms with van der Waals surface area (Å²) in [5.41, 5.74) is 3.37. The molecule has 0 saturated carbocycles. The number of methoxy groups -OCH3 is 2. The van der Waals surface area contributed by atoms with Crippen molar-refractivity contribution in [3.8, 4) is 11.5 Å². The lowest BCUT2D eigenvalue weighted by Gasteiger charge is -2.20. The van der Waals surface area contributed by atoms with Gasteiger partial charge in [-0.05, 0) is 24.1 Å². The van der Waals surface area contributed by atoms with Gasteiger partial charge in [0.05, 0.1) is 19.2 Å². The lowest BCUT2D eigenvalue weighted by molar-refractivity contribution is 0.354. The zero-order valence-electron chi connectivity index (χ0n) is 11.4. The summed E-state index contributed by atoms with van der Waals surface area (Å²) in [6.07, 6.45) is 1.58. The van der Waals surface area contributed by atoms with E-state index in [0.29, 0.717) is 6.42 Å². The summed E-state index contributed by atoms with van der Waals surface area (Å²) in [5.74, 6) is 1.49. The van der Waals surface area contributed by atoms with Crippen LogP contribution in [0.4, 0.5) is 0 Å². The number of aliphatic imine (C=N–C) groups is 1. The summed E-state index contributed by atoms with van der Waals surface area (Å²) in [5, 5.41) is 2.99. The van der Waals surface area contributed by atoms with E-state index < -0.39 is 0 Å². The third kappa shape index (κ3) is 2.87. The molecule has 1 aromatic rings. The quantitative estimate of drug-likeness (QED) is 0.855.